The van der Waals surface area contributed by atoms with Crippen LogP contribution in [0.4, 0.5) is 5.88 Å². The van der Waals surface area contributed by atoms with Gasteiger partial charge >= 0.3 is 5.97 Å². The zero-order valence-electron chi connectivity index (χ0n) is 21.5. The Labute approximate surface area is 214 Å². The lowest BCUT2D eigenvalue weighted by atomic mass is 9.71. The molecule has 194 valence electrons. The minimum absolute atomic E-state index is 0.0603. The van der Waals surface area contributed by atoms with Gasteiger partial charge in [-0.15, -0.1) is 6.58 Å². The third kappa shape index (κ3) is 5.05. The number of carboxylic acid groups (broad SMARTS) is 1. The molecule has 0 amide bonds. The van der Waals surface area contributed by atoms with E-state index in [1.165, 1.54) is 0 Å². The normalized spacial score (nSPS) is 20.3. The van der Waals surface area contributed by atoms with E-state index in [0.29, 0.717) is 28.8 Å². The average Bonchev–Trinajstić information content (AvgIpc) is 3.15. The van der Waals surface area contributed by atoms with E-state index >= 15 is 0 Å². The van der Waals surface area contributed by atoms with Crippen molar-refractivity contribution in [2.24, 2.45) is 5.92 Å². The van der Waals surface area contributed by atoms with Gasteiger partial charge in [0.05, 0.1) is 11.3 Å². The Hall–Kier alpha value is -3.13. The fourth-order valence-corrected chi connectivity index (χ4v) is 7.10. The fraction of sp³-hybridized carbons (Fsp3) is 0.429. The molecule has 1 aliphatic rings. The van der Waals surface area contributed by atoms with Crippen LogP contribution in [0.15, 0.2) is 59.7 Å². The predicted octanol–water partition coefficient (Wildman–Crippen LogP) is 6.46. The minimum Gasteiger partial charge on any atom is -0.478 e. The quantitative estimate of drug-likeness (QED) is 0.249. The van der Waals surface area contributed by atoms with Crippen LogP contribution in [0.25, 0.3) is 0 Å². The number of hydrogen-bond acceptors (Lipinski definition) is 5. The Morgan fingerprint density at radius 1 is 1.25 bits per heavy atom. The van der Waals surface area contributed by atoms with Crippen molar-refractivity contribution in [3.05, 3.63) is 83.1 Å². The van der Waals surface area contributed by atoms with E-state index in [1.54, 1.807) is 69.4 Å². The number of aryl methyl sites for hydroxylation is 2. The van der Waals surface area contributed by atoms with Crippen molar-refractivity contribution < 1.29 is 22.8 Å². The molecule has 1 aromatic carbocycles. The predicted molar refractivity (Wildman–Crippen MR) is 143 cm³/mol. The molecule has 0 spiro atoms. The van der Waals surface area contributed by atoms with Crippen LogP contribution < -0.4 is 4.72 Å². The van der Waals surface area contributed by atoms with Gasteiger partial charge in [0.1, 0.15) is 4.75 Å². The second kappa shape index (κ2) is 11.3. The molecule has 36 heavy (non-hydrogen) atoms. The van der Waals surface area contributed by atoms with Gasteiger partial charge < -0.3 is 9.63 Å². The molecule has 1 heterocycles. The first kappa shape index (κ1) is 27.5. The van der Waals surface area contributed by atoms with E-state index in [9.17, 15) is 18.3 Å². The van der Waals surface area contributed by atoms with Crippen molar-refractivity contribution in [1.82, 2.24) is 5.16 Å². The first-order valence-corrected chi connectivity index (χ1v) is 13.9. The molecule has 2 N–H and O–H groups in total. The van der Waals surface area contributed by atoms with Crippen LogP contribution >= 0.6 is 0 Å². The van der Waals surface area contributed by atoms with Crippen molar-refractivity contribution >= 4 is 21.9 Å². The van der Waals surface area contributed by atoms with Crippen LogP contribution in [0.3, 0.4) is 0 Å². The Morgan fingerprint density at radius 2 is 2.00 bits per heavy atom. The number of aromatic nitrogens is 1. The highest BCUT2D eigenvalue weighted by molar-refractivity contribution is 7.94. The van der Waals surface area contributed by atoms with Crippen LogP contribution in [0.5, 0.6) is 0 Å². The lowest BCUT2D eigenvalue weighted by Crippen LogP contribution is -2.51. The molecule has 8 heteroatoms. The maximum atomic E-state index is 14.4. The number of nitrogens with zero attached hydrogens (tertiary/aromatic N) is 1. The van der Waals surface area contributed by atoms with Crippen LogP contribution in [-0.4, -0.2) is 29.4 Å². The molecule has 3 unspecified atom stereocenters. The Kier molecular flexibility index (Phi) is 8.61. The molecule has 0 fully saturated rings. The van der Waals surface area contributed by atoms with Gasteiger partial charge in [-0.25, -0.2) is 17.9 Å². The molecule has 1 aromatic heterocycles. The van der Waals surface area contributed by atoms with Gasteiger partial charge in [0.25, 0.3) is 0 Å². The van der Waals surface area contributed by atoms with Gasteiger partial charge in [0, 0.05) is 17.4 Å². The highest BCUT2D eigenvalue weighted by Crippen LogP contribution is 2.49. The lowest BCUT2D eigenvalue weighted by Gasteiger charge is -2.43. The largest absolute Gasteiger partial charge is 0.478 e. The lowest BCUT2D eigenvalue weighted by molar-refractivity contribution is 0.0694. The minimum atomic E-state index is -4.20. The summed E-state index contributed by atoms with van der Waals surface area (Å²) in [6.07, 6.45) is 13.1. The van der Waals surface area contributed by atoms with Gasteiger partial charge in [0.2, 0.25) is 15.9 Å². The Bertz CT molecular complexity index is 1270. The fourth-order valence-electron chi connectivity index (χ4n) is 5.07. The van der Waals surface area contributed by atoms with E-state index in [0.717, 1.165) is 25.7 Å². The molecule has 3 atom stereocenters. The second-order valence-corrected chi connectivity index (χ2v) is 11.4. The summed E-state index contributed by atoms with van der Waals surface area (Å²) in [5.74, 6) is -2.30. The zero-order valence-corrected chi connectivity index (χ0v) is 22.3. The van der Waals surface area contributed by atoms with Gasteiger partial charge in [0.15, 0.2) is 0 Å². The summed E-state index contributed by atoms with van der Waals surface area (Å²) in [6, 6.07) is 5.19. The third-order valence-electron chi connectivity index (χ3n) is 7.19. The van der Waals surface area contributed by atoms with E-state index in [2.05, 4.69) is 23.4 Å². The first-order chi connectivity index (χ1) is 17.1. The van der Waals surface area contributed by atoms with Gasteiger partial charge in [-0.3, -0.25) is 0 Å². The van der Waals surface area contributed by atoms with E-state index < -0.39 is 32.6 Å². The summed E-state index contributed by atoms with van der Waals surface area (Å²) in [6.45, 7) is 11.3. The first-order valence-electron chi connectivity index (χ1n) is 12.4. The maximum Gasteiger partial charge on any atom is 0.336 e. The number of anilines is 1. The summed E-state index contributed by atoms with van der Waals surface area (Å²) in [4.78, 5) is 12.3. The highest BCUT2D eigenvalue weighted by atomic mass is 32.2. The van der Waals surface area contributed by atoms with Crippen molar-refractivity contribution in [3.63, 3.8) is 0 Å². The van der Waals surface area contributed by atoms with Crippen LogP contribution in [-0.2, 0) is 10.0 Å². The molecule has 7 nitrogen and oxygen atoms in total. The highest BCUT2D eigenvalue weighted by Gasteiger charge is 2.54. The molecule has 0 bridgehead atoms. The van der Waals surface area contributed by atoms with Crippen LogP contribution in [0.1, 0.15) is 77.7 Å². The zero-order chi connectivity index (χ0) is 26.5. The molecule has 0 radical (unpaired) electrons. The number of aromatic carboxylic acids is 1. The van der Waals surface area contributed by atoms with E-state index in [1.807, 2.05) is 0 Å². The molecule has 3 rings (SSSR count). The van der Waals surface area contributed by atoms with Crippen molar-refractivity contribution in [2.75, 3.05) is 4.72 Å². The maximum absolute atomic E-state index is 14.4. The van der Waals surface area contributed by atoms with Crippen LogP contribution in [0.2, 0.25) is 0 Å². The van der Waals surface area contributed by atoms with E-state index in [-0.39, 0.29) is 11.4 Å². The summed E-state index contributed by atoms with van der Waals surface area (Å²) in [7, 11) is -4.20. The molecule has 0 aliphatic heterocycles. The standard InChI is InChI=1S/C28H36N2O5S/c1-6-8-9-10-15-22(7-2)28(36(33,34)30-26-20(4)21(5)29-35-26)18-12-11-17-24(28)23-16-13-14-19(3)25(23)27(31)32/h7,11-14,16-18,22,24,30H,2,6,8-10,15H2,1,3-5H3,(H,31,32). The summed E-state index contributed by atoms with van der Waals surface area (Å²) in [5.41, 5.74) is 2.31. The van der Waals surface area contributed by atoms with Crippen molar-refractivity contribution in [1.29, 1.82) is 0 Å². The number of rotatable bonds is 12. The van der Waals surface area contributed by atoms with Crippen LogP contribution in [0, 0.1) is 26.7 Å². The van der Waals surface area contributed by atoms with Gasteiger partial charge in [-0.1, -0.05) is 86.3 Å². The molecule has 0 saturated carbocycles. The molecule has 2 aromatic rings. The summed E-state index contributed by atoms with van der Waals surface area (Å²) >= 11 is 0. The number of allylic oxidation sites excluding steroid dienone is 4. The smallest absolute Gasteiger partial charge is 0.336 e. The number of carbonyl (C=O) groups is 1. The van der Waals surface area contributed by atoms with Gasteiger partial charge in [-0.05, 0) is 38.3 Å². The number of nitrogens with one attached hydrogen (secondary N) is 1. The number of unbranched alkanes of at least 4 members (excludes halogenated alkanes) is 3. The number of sulfonamides is 1. The molecule has 1 aliphatic carbocycles. The third-order valence-corrected chi connectivity index (χ3v) is 9.27. The molecular formula is C28H36N2O5S. The topological polar surface area (TPSA) is 110 Å². The second-order valence-electron chi connectivity index (χ2n) is 9.44. The van der Waals surface area contributed by atoms with E-state index in [4.69, 9.17) is 4.52 Å². The Morgan fingerprint density at radius 3 is 2.61 bits per heavy atom. The Balaban J connectivity index is 2.24. The number of hydrogen-bond donors (Lipinski definition) is 2. The van der Waals surface area contributed by atoms with Gasteiger partial charge in [-0.2, -0.15) is 0 Å². The summed E-state index contributed by atoms with van der Waals surface area (Å²) in [5, 5.41) is 14.0. The molecular weight excluding hydrogens is 476 g/mol. The average molecular weight is 513 g/mol. The van der Waals surface area contributed by atoms with Crippen molar-refractivity contribution in [3.8, 4) is 0 Å². The number of benzene rings is 1. The van der Waals surface area contributed by atoms with Crippen molar-refractivity contribution in [2.45, 2.75) is 70.5 Å². The number of carboxylic acids is 1. The monoisotopic (exact) mass is 512 g/mol. The molecule has 0 saturated heterocycles. The summed E-state index contributed by atoms with van der Waals surface area (Å²) < 4.78 is 35.2. The SMILES string of the molecule is C=CC(CCCCCC)C1(S(=O)(=O)Nc2onc(C)c2C)C=CC=CC1c1cccc(C)c1C(=O)O.